The van der Waals surface area contributed by atoms with Gasteiger partial charge in [0.1, 0.15) is 24.2 Å². The molecular weight excluding hydrogens is 460 g/mol. The molecule has 1 N–H and O–H groups in total. The van der Waals surface area contributed by atoms with Gasteiger partial charge in [-0.2, -0.15) is 0 Å². The van der Waals surface area contributed by atoms with Crippen LogP contribution in [-0.4, -0.2) is 75.7 Å². The molecule has 0 aliphatic carbocycles. The molecule has 8 nitrogen and oxygen atoms in total. The van der Waals surface area contributed by atoms with E-state index in [-0.39, 0.29) is 31.6 Å². The van der Waals surface area contributed by atoms with Crippen LogP contribution in [0.4, 0.5) is 0 Å². The van der Waals surface area contributed by atoms with Crippen LogP contribution in [0.2, 0.25) is 0 Å². The molecule has 6 atom stereocenters. The number of aliphatic hydroxyl groups excluding tert-OH is 1. The highest BCUT2D eigenvalue weighted by Gasteiger charge is 2.79. The predicted molar refractivity (Wildman–Crippen MR) is 133 cm³/mol. The van der Waals surface area contributed by atoms with E-state index in [1.165, 1.54) is 11.0 Å². The molecule has 194 valence electrons. The van der Waals surface area contributed by atoms with Crippen molar-refractivity contribution in [1.29, 1.82) is 0 Å². The quantitative estimate of drug-likeness (QED) is 0.374. The second-order valence-corrected chi connectivity index (χ2v) is 10.0. The molecule has 4 rings (SSSR count). The van der Waals surface area contributed by atoms with Crippen LogP contribution in [0, 0.1) is 11.8 Å². The minimum absolute atomic E-state index is 0.0341. The van der Waals surface area contributed by atoms with Gasteiger partial charge < -0.3 is 24.4 Å². The number of likely N-dealkylation sites (tertiary alicyclic amines) is 1. The zero-order valence-electron chi connectivity index (χ0n) is 21.1. The highest BCUT2D eigenvalue weighted by atomic mass is 16.6. The summed E-state index contributed by atoms with van der Waals surface area (Å²) in [5, 5.41) is 10.0. The third-order valence-corrected chi connectivity index (χ3v) is 8.07. The molecule has 2 amide bonds. The number of hydrogen-bond donors (Lipinski definition) is 1. The van der Waals surface area contributed by atoms with E-state index in [4.69, 9.17) is 9.47 Å². The Labute approximate surface area is 212 Å². The molecule has 0 saturated carbocycles. The number of aliphatic hydroxyl groups is 1. The van der Waals surface area contributed by atoms with Crippen LogP contribution in [0.15, 0.2) is 55.6 Å². The molecule has 2 bridgehead atoms. The first-order chi connectivity index (χ1) is 17.3. The summed E-state index contributed by atoms with van der Waals surface area (Å²) in [6.07, 6.45) is 4.68. The van der Waals surface area contributed by atoms with Crippen molar-refractivity contribution in [2.24, 2.45) is 11.8 Å². The number of fused-ring (bicyclic) bond motifs is 1. The van der Waals surface area contributed by atoms with Crippen molar-refractivity contribution in [3.05, 3.63) is 61.2 Å². The fourth-order valence-corrected chi connectivity index (χ4v) is 6.45. The lowest BCUT2D eigenvalue weighted by Gasteiger charge is -2.38. The van der Waals surface area contributed by atoms with Crippen LogP contribution in [0.3, 0.4) is 0 Å². The van der Waals surface area contributed by atoms with Crippen molar-refractivity contribution >= 4 is 17.8 Å². The van der Waals surface area contributed by atoms with Gasteiger partial charge in [0.05, 0.1) is 24.2 Å². The van der Waals surface area contributed by atoms with Crippen LogP contribution < -0.4 is 0 Å². The molecule has 0 radical (unpaired) electrons. The van der Waals surface area contributed by atoms with Gasteiger partial charge >= 0.3 is 5.97 Å². The van der Waals surface area contributed by atoms with E-state index >= 15 is 0 Å². The summed E-state index contributed by atoms with van der Waals surface area (Å²) in [4.78, 5) is 44.6. The van der Waals surface area contributed by atoms with Gasteiger partial charge in [0.15, 0.2) is 0 Å². The van der Waals surface area contributed by atoms with Crippen LogP contribution >= 0.6 is 0 Å². The first-order valence-electron chi connectivity index (χ1n) is 12.6. The summed E-state index contributed by atoms with van der Waals surface area (Å²) in [6.45, 7) is 11.4. The van der Waals surface area contributed by atoms with E-state index in [0.717, 1.165) is 5.56 Å². The molecule has 3 fully saturated rings. The molecule has 3 aliphatic rings. The predicted octanol–water partition coefficient (Wildman–Crippen LogP) is 2.47. The maximum atomic E-state index is 14.3. The molecule has 8 heteroatoms. The van der Waals surface area contributed by atoms with Gasteiger partial charge in [-0.3, -0.25) is 14.4 Å². The van der Waals surface area contributed by atoms with Gasteiger partial charge in [-0.1, -0.05) is 56.0 Å². The number of carbonyl (C=O) groups is 3. The Hall–Kier alpha value is -2.97. The zero-order chi connectivity index (χ0) is 26.1. The molecule has 3 heterocycles. The molecule has 2 unspecified atom stereocenters. The maximum absolute atomic E-state index is 14.3. The van der Waals surface area contributed by atoms with E-state index in [0.29, 0.717) is 25.8 Å². The van der Waals surface area contributed by atoms with Gasteiger partial charge in [0.2, 0.25) is 11.8 Å². The highest BCUT2D eigenvalue weighted by Crippen LogP contribution is 2.64. The van der Waals surface area contributed by atoms with Gasteiger partial charge in [-0.25, -0.2) is 0 Å². The topological polar surface area (TPSA) is 96.4 Å². The lowest BCUT2D eigenvalue weighted by Crippen LogP contribution is -2.58. The second-order valence-electron chi connectivity index (χ2n) is 10.0. The van der Waals surface area contributed by atoms with E-state index < -0.39 is 41.1 Å². The average Bonchev–Trinajstić information content (AvgIpc) is 3.50. The Morgan fingerprint density at radius 3 is 2.61 bits per heavy atom. The van der Waals surface area contributed by atoms with Crippen LogP contribution in [0.25, 0.3) is 0 Å². The molecule has 1 aromatic carbocycles. The first kappa shape index (κ1) is 26.1. The fraction of sp³-hybridized carbons (Fsp3) is 0.536. The maximum Gasteiger partial charge on any atom is 0.313 e. The Bertz CT molecular complexity index is 1030. The molecular formula is C28H36N2O6. The van der Waals surface area contributed by atoms with Gasteiger partial charge in [0, 0.05) is 13.1 Å². The van der Waals surface area contributed by atoms with Gasteiger partial charge in [0.25, 0.3) is 0 Å². The lowest BCUT2D eigenvalue weighted by molar-refractivity contribution is -0.162. The number of amides is 2. The van der Waals surface area contributed by atoms with E-state index in [1.807, 2.05) is 37.3 Å². The van der Waals surface area contributed by atoms with Crippen molar-refractivity contribution in [2.45, 2.75) is 62.9 Å². The average molecular weight is 497 g/mol. The summed E-state index contributed by atoms with van der Waals surface area (Å²) in [5.41, 5.74) is -1.09. The SMILES string of the molecule is C=CCOC(=O)[C@@H]1[C@H]2C(=O)N([C@H](C)CO)C(C(=O)N(CC=C)Cc3ccccc3)C23CC[C@@]1(CC)O3. The minimum Gasteiger partial charge on any atom is -0.461 e. The Balaban J connectivity index is 1.77. The van der Waals surface area contributed by atoms with Crippen molar-refractivity contribution in [3.63, 3.8) is 0 Å². The molecule has 0 aromatic heterocycles. The van der Waals surface area contributed by atoms with E-state index in [2.05, 4.69) is 13.2 Å². The van der Waals surface area contributed by atoms with Gasteiger partial charge in [-0.05, 0) is 31.7 Å². The lowest BCUT2D eigenvalue weighted by atomic mass is 9.65. The Morgan fingerprint density at radius 2 is 2.00 bits per heavy atom. The smallest absolute Gasteiger partial charge is 0.313 e. The highest BCUT2D eigenvalue weighted by molar-refractivity contribution is 5.98. The third-order valence-electron chi connectivity index (χ3n) is 8.07. The normalized spacial score (nSPS) is 31.1. The number of hydrogen-bond acceptors (Lipinski definition) is 6. The number of esters is 1. The number of rotatable bonds is 11. The van der Waals surface area contributed by atoms with Crippen molar-refractivity contribution < 1.29 is 29.0 Å². The first-order valence-corrected chi connectivity index (χ1v) is 12.6. The summed E-state index contributed by atoms with van der Waals surface area (Å²) in [6, 6.07) is 8.01. The number of nitrogens with zero attached hydrogens (tertiary/aromatic N) is 2. The number of carbonyl (C=O) groups excluding carboxylic acids is 3. The van der Waals surface area contributed by atoms with E-state index in [9.17, 15) is 19.5 Å². The van der Waals surface area contributed by atoms with Gasteiger partial charge in [-0.15, -0.1) is 6.58 Å². The zero-order valence-corrected chi connectivity index (χ0v) is 21.1. The van der Waals surface area contributed by atoms with Crippen LogP contribution in [-0.2, 0) is 30.4 Å². The largest absolute Gasteiger partial charge is 0.461 e. The van der Waals surface area contributed by atoms with Crippen molar-refractivity contribution in [1.82, 2.24) is 9.80 Å². The summed E-state index contributed by atoms with van der Waals surface area (Å²) in [7, 11) is 0. The minimum atomic E-state index is -1.17. The molecule has 36 heavy (non-hydrogen) atoms. The Morgan fingerprint density at radius 1 is 1.28 bits per heavy atom. The van der Waals surface area contributed by atoms with E-state index in [1.54, 1.807) is 17.9 Å². The molecule has 3 aliphatic heterocycles. The molecule has 1 spiro atoms. The fourth-order valence-electron chi connectivity index (χ4n) is 6.45. The van der Waals surface area contributed by atoms with Crippen LogP contribution in [0.1, 0.15) is 38.7 Å². The summed E-state index contributed by atoms with van der Waals surface area (Å²) >= 11 is 0. The third kappa shape index (κ3) is 3.96. The van der Waals surface area contributed by atoms with Crippen LogP contribution in [0.5, 0.6) is 0 Å². The second kappa shape index (κ2) is 10.2. The van der Waals surface area contributed by atoms with Crippen molar-refractivity contribution in [3.8, 4) is 0 Å². The molecule has 3 saturated heterocycles. The standard InChI is InChI=1S/C28H36N2O6/c1-5-15-29(17-20-11-9-8-10-12-20)25(33)23-28-14-13-27(7-3,36-28)22(26(34)35-16-6-2)21(28)24(32)30(23)19(4)18-31/h5-6,8-12,19,21-23,31H,1-2,7,13-18H2,3-4H3/t19-,21+,22+,23?,27-,28?/m1/s1. The van der Waals surface area contributed by atoms with Crippen molar-refractivity contribution in [2.75, 3.05) is 19.8 Å². The summed E-state index contributed by atoms with van der Waals surface area (Å²) in [5.74, 6) is -2.80. The number of ether oxygens (including phenoxy) is 2. The summed E-state index contributed by atoms with van der Waals surface area (Å²) < 4.78 is 12.1. The monoisotopic (exact) mass is 496 g/mol. The molecule has 1 aromatic rings. The Kier molecular flexibility index (Phi) is 7.38. The number of benzene rings is 1.